The van der Waals surface area contributed by atoms with Crippen molar-refractivity contribution in [1.29, 1.82) is 0 Å². The Balaban J connectivity index is 1.45. The van der Waals surface area contributed by atoms with E-state index in [1.165, 1.54) is 9.96 Å². The van der Waals surface area contributed by atoms with Crippen LogP contribution >= 0.6 is 9.47 Å². The summed E-state index contributed by atoms with van der Waals surface area (Å²) in [5.41, 5.74) is 2.30. The maximum Gasteiger partial charge on any atom is 0.345 e. The van der Waals surface area contributed by atoms with Crippen LogP contribution in [-0.2, 0) is 19.1 Å². The molecule has 0 saturated carbocycles. The number of hydrogen-bond acceptors (Lipinski definition) is 6. The van der Waals surface area contributed by atoms with Gasteiger partial charge < -0.3 is 15.1 Å². The third-order valence-electron chi connectivity index (χ3n) is 4.58. The lowest BCUT2D eigenvalue weighted by Crippen LogP contribution is -2.51. The van der Waals surface area contributed by atoms with Crippen molar-refractivity contribution in [2.24, 2.45) is 0 Å². The summed E-state index contributed by atoms with van der Waals surface area (Å²) in [6, 6.07) is -0.966. The fraction of sp³-hybridized carbons (Fsp3) is 0.769. The fourth-order valence-electron chi connectivity index (χ4n) is 3.28. The van der Waals surface area contributed by atoms with E-state index in [-0.39, 0.29) is 24.6 Å². The van der Waals surface area contributed by atoms with Crippen LogP contribution in [0.3, 0.4) is 0 Å². The molecule has 0 aromatic rings. The van der Waals surface area contributed by atoms with Crippen molar-refractivity contribution < 1.29 is 23.8 Å². The second-order valence-electron chi connectivity index (χ2n) is 6.00. The zero-order valence-corrected chi connectivity index (χ0v) is 14.4. The summed E-state index contributed by atoms with van der Waals surface area (Å²) in [6.07, 6.45) is 1.20. The third-order valence-corrected chi connectivity index (χ3v) is 4.80. The standard InChI is InChI=1S/C13H22N5O5P/c19-11(16-5-3-14-4-6-16)8-22-15-12(20)10-2-1-9-7-17(10)13(21)18(9)23-24/h9-10,14H,1-8,24H2,(H,15,20)/t9-,10-/m0/s1. The lowest BCUT2D eigenvalue weighted by Gasteiger charge is -2.29. The van der Waals surface area contributed by atoms with E-state index < -0.39 is 11.9 Å². The molecule has 2 N–H and O–H groups in total. The number of carbonyl (C=O) groups is 3. The van der Waals surface area contributed by atoms with Crippen molar-refractivity contribution in [3.8, 4) is 0 Å². The summed E-state index contributed by atoms with van der Waals surface area (Å²) in [5.74, 6) is -0.583. The van der Waals surface area contributed by atoms with Crippen LogP contribution < -0.4 is 10.8 Å². The van der Waals surface area contributed by atoms with E-state index in [4.69, 9.17) is 9.46 Å². The molecule has 11 heteroatoms. The first kappa shape index (κ1) is 17.3. The van der Waals surface area contributed by atoms with Gasteiger partial charge in [-0.3, -0.25) is 19.1 Å². The van der Waals surface area contributed by atoms with E-state index >= 15 is 0 Å². The third kappa shape index (κ3) is 3.46. The van der Waals surface area contributed by atoms with Crippen LogP contribution in [-0.4, -0.2) is 84.1 Å². The normalized spacial score (nSPS) is 26.7. The summed E-state index contributed by atoms with van der Waals surface area (Å²) in [6.45, 7) is 3.01. The molecule has 3 saturated heterocycles. The van der Waals surface area contributed by atoms with Gasteiger partial charge in [0.15, 0.2) is 6.61 Å². The molecule has 3 aliphatic heterocycles. The molecule has 3 heterocycles. The molecule has 0 aromatic carbocycles. The van der Waals surface area contributed by atoms with Crippen molar-refractivity contribution >= 4 is 27.3 Å². The molecule has 1 unspecified atom stereocenters. The van der Waals surface area contributed by atoms with Crippen LogP contribution in [0.2, 0.25) is 0 Å². The second-order valence-corrected chi connectivity index (χ2v) is 6.21. The predicted octanol–water partition coefficient (Wildman–Crippen LogP) is -1.54. The number of amides is 4. The Morgan fingerprint density at radius 3 is 2.75 bits per heavy atom. The maximum atomic E-state index is 12.3. The van der Waals surface area contributed by atoms with Crippen LogP contribution in [0.15, 0.2) is 0 Å². The lowest BCUT2D eigenvalue weighted by molar-refractivity contribution is -0.147. The van der Waals surface area contributed by atoms with E-state index in [0.717, 1.165) is 13.1 Å². The Labute approximate surface area is 142 Å². The zero-order valence-electron chi connectivity index (χ0n) is 13.3. The molecule has 4 amide bonds. The minimum atomic E-state index is -0.604. The van der Waals surface area contributed by atoms with Gasteiger partial charge in [-0.1, -0.05) is 0 Å². The molecule has 10 nitrogen and oxygen atoms in total. The molecule has 0 radical (unpaired) electrons. The fourth-order valence-corrected chi connectivity index (χ4v) is 3.55. The molecule has 3 atom stereocenters. The highest BCUT2D eigenvalue weighted by Gasteiger charge is 2.47. The molecule has 134 valence electrons. The van der Waals surface area contributed by atoms with Gasteiger partial charge in [0, 0.05) is 42.2 Å². The number of rotatable bonds is 5. The van der Waals surface area contributed by atoms with Crippen LogP contribution in [0.1, 0.15) is 12.8 Å². The number of piperidine rings is 1. The lowest BCUT2D eigenvalue weighted by atomic mass is 10.0. The quantitative estimate of drug-likeness (QED) is 0.455. The van der Waals surface area contributed by atoms with E-state index in [1.807, 2.05) is 0 Å². The minimum absolute atomic E-state index is 0.0331. The monoisotopic (exact) mass is 359 g/mol. The molecule has 3 fully saturated rings. The summed E-state index contributed by atoms with van der Waals surface area (Å²) in [4.78, 5) is 44.6. The number of urea groups is 1. The van der Waals surface area contributed by atoms with E-state index in [2.05, 4.69) is 20.3 Å². The average Bonchev–Trinajstić information content (AvgIpc) is 2.85. The highest BCUT2D eigenvalue weighted by Crippen LogP contribution is 2.30. The molecule has 3 rings (SSSR count). The predicted molar refractivity (Wildman–Crippen MR) is 85.1 cm³/mol. The number of hydroxylamine groups is 3. The second kappa shape index (κ2) is 7.60. The molecule has 2 bridgehead atoms. The van der Waals surface area contributed by atoms with Gasteiger partial charge in [-0.2, -0.15) is 5.06 Å². The Morgan fingerprint density at radius 1 is 1.29 bits per heavy atom. The summed E-state index contributed by atoms with van der Waals surface area (Å²) < 4.78 is 4.99. The van der Waals surface area contributed by atoms with Crippen molar-refractivity contribution in [2.45, 2.75) is 24.9 Å². The molecule has 24 heavy (non-hydrogen) atoms. The zero-order chi connectivity index (χ0) is 17.1. The summed E-state index contributed by atoms with van der Waals surface area (Å²) in [7, 11) is 2.05. The molecule has 0 aromatic heterocycles. The molecule has 0 spiro atoms. The molecular weight excluding hydrogens is 337 g/mol. The molecular formula is C13H22N5O5P. The van der Waals surface area contributed by atoms with Gasteiger partial charge in [-0.25, -0.2) is 10.3 Å². The SMILES string of the molecule is O=C(NOCC(=O)N1CCNCC1)[C@@H]1CC[C@H]2CN1C(=O)N2OP. The Hall–Kier alpha value is -1.48. The van der Waals surface area contributed by atoms with Crippen LogP contribution in [0.4, 0.5) is 4.79 Å². The average molecular weight is 359 g/mol. The van der Waals surface area contributed by atoms with Gasteiger partial charge in [-0.15, -0.1) is 0 Å². The number of piperazine rings is 1. The van der Waals surface area contributed by atoms with Gasteiger partial charge in [-0.05, 0) is 12.8 Å². The smallest absolute Gasteiger partial charge is 0.338 e. The van der Waals surface area contributed by atoms with Gasteiger partial charge in [0.05, 0.1) is 6.04 Å². The van der Waals surface area contributed by atoms with Crippen LogP contribution in [0.25, 0.3) is 0 Å². The Morgan fingerprint density at radius 2 is 2.04 bits per heavy atom. The number of nitrogens with one attached hydrogen (secondary N) is 2. The molecule has 3 aliphatic rings. The first-order chi connectivity index (χ1) is 11.6. The topological polar surface area (TPSA) is 103 Å². The van der Waals surface area contributed by atoms with Crippen LogP contribution in [0, 0.1) is 0 Å². The van der Waals surface area contributed by atoms with Gasteiger partial charge in [0.1, 0.15) is 6.04 Å². The van der Waals surface area contributed by atoms with Crippen LogP contribution in [0.5, 0.6) is 0 Å². The Kier molecular flexibility index (Phi) is 5.50. The van der Waals surface area contributed by atoms with E-state index in [1.54, 1.807) is 4.90 Å². The van der Waals surface area contributed by atoms with Crippen molar-refractivity contribution in [3.63, 3.8) is 0 Å². The molecule has 0 aliphatic carbocycles. The van der Waals surface area contributed by atoms with Crippen molar-refractivity contribution in [3.05, 3.63) is 0 Å². The maximum absolute atomic E-state index is 12.3. The number of hydrogen-bond donors (Lipinski definition) is 2. The highest BCUT2D eigenvalue weighted by molar-refractivity contribution is 7.09. The number of carbonyl (C=O) groups excluding carboxylic acids is 3. The summed E-state index contributed by atoms with van der Waals surface area (Å²) in [5, 5.41) is 4.43. The minimum Gasteiger partial charge on any atom is -0.338 e. The van der Waals surface area contributed by atoms with Gasteiger partial charge in [0.25, 0.3) is 11.8 Å². The first-order valence-corrected chi connectivity index (χ1v) is 8.45. The van der Waals surface area contributed by atoms with Gasteiger partial charge >= 0.3 is 6.03 Å². The highest BCUT2D eigenvalue weighted by atomic mass is 31.0. The Bertz CT molecular complexity index is 515. The van der Waals surface area contributed by atoms with Crippen molar-refractivity contribution in [1.82, 2.24) is 25.7 Å². The van der Waals surface area contributed by atoms with Gasteiger partial charge in [0.2, 0.25) is 0 Å². The first-order valence-electron chi connectivity index (χ1n) is 7.98. The van der Waals surface area contributed by atoms with E-state index in [9.17, 15) is 14.4 Å². The van der Waals surface area contributed by atoms with E-state index in [0.29, 0.717) is 32.5 Å². The number of fused-ring (bicyclic) bond motifs is 2. The summed E-state index contributed by atoms with van der Waals surface area (Å²) >= 11 is 0. The largest absolute Gasteiger partial charge is 0.345 e. The van der Waals surface area contributed by atoms with Crippen molar-refractivity contribution in [2.75, 3.05) is 39.3 Å². The number of nitrogens with zero attached hydrogens (tertiary/aromatic N) is 3.